The Bertz CT molecular complexity index is 364. The number of benzene rings is 1. The van der Waals surface area contributed by atoms with Crippen molar-refractivity contribution >= 4 is 0 Å². The highest BCUT2D eigenvalue weighted by molar-refractivity contribution is 5.22. The molecular formula is C20H36N+. The van der Waals surface area contributed by atoms with E-state index in [9.17, 15) is 0 Å². The standard InChI is InChI=1S/C20H36N/c1-5-7-8-9-10-11-12-19-13-15-20(16-14-19)18-21(3,4)17-6-2/h13-16H,5-12,17-18H2,1-4H3/q+1. The molecule has 0 atom stereocenters. The van der Waals surface area contributed by atoms with Crippen LogP contribution < -0.4 is 0 Å². The van der Waals surface area contributed by atoms with Crippen LogP contribution in [0.4, 0.5) is 0 Å². The molecule has 0 aromatic heterocycles. The molecule has 0 radical (unpaired) electrons. The minimum absolute atomic E-state index is 1.09. The Morgan fingerprint density at radius 2 is 1.29 bits per heavy atom. The number of hydrogen-bond donors (Lipinski definition) is 0. The Labute approximate surface area is 133 Å². The number of quaternary nitrogens is 1. The molecule has 0 heterocycles. The average Bonchev–Trinajstić information content (AvgIpc) is 2.44. The van der Waals surface area contributed by atoms with Gasteiger partial charge in [-0.1, -0.05) is 70.2 Å². The van der Waals surface area contributed by atoms with Crippen LogP contribution >= 0.6 is 0 Å². The van der Waals surface area contributed by atoms with Crippen LogP contribution in [-0.2, 0) is 13.0 Å². The maximum absolute atomic E-state index is 2.34. The smallest absolute Gasteiger partial charge is 0.104 e. The summed E-state index contributed by atoms with van der Waals surface area (Å²) in [5.41, 5.74) is 2.98. The van der Waals surface area contributed by atoms with Crippen LogP contribution in [-0.4, -0.2) is 25.1 Å². The van der Waals surface area contributed by atoms with E-state index in [2.05, 4.69) is 52.2 Å². The van der Waals surface area contributed by atoms with Gasteiger partial charge in [-0.15, -0.1) is 0 Å². The average molecular weight is 291 g/mol. The predicted octanol–water partition coefficient (Wildman–Crippen LogP) is 5.58. The highest BCUT2D eigenvalue weighted by Crippen LogP contribution is 2.14. The number of hydrogen-bond acceptors (Lipinski definition) is 0. The van der Waals surface area contributed by atoms with Gasteiger partial charge in [0.2, 0.25) is 0 Å². The van der Waals surface area contributed by atoms with Crippen LogP contribution in [0.3, 0.4) is 0 Å². The number of rotatable bonds is 11. The molecule has 0 bridgehead atoms. The van der Waals surface area contributed by atoms with E-state index in [0.29, 0.717) is 0 Å². The predicted molar refractivity (Wildman–Crippen MR) is 94.5 cm³/mol. The first-order valence-electron chi connectivity index (χ1n) is 8.97. The molecule has 0 aliphatic carbocycles. The summed E-state index contributed by atoms with van der Waals surface area (Å²) in [6.45, 7) is 6.94. The lowest BCUT2D eigenvalue weighted by Gasteiger charge is -2.29. The van der Waals surface area contributed by atoms with Crippen molar-refractivity contribution in [2.24, 2.45) is 0 Å². The van der Waals surface area contributed by atoms with Crippen molar-refractivity contribution in [1.82, 2.24) is 0 Å². The van der Waals surface area contributed by atoms with Gasteiger partial charge >= 0.3 is 0 Å². The van der Waals surface area contributed by atoms with Gasteiger partial charge in [0.15, 0.2) is 0 Å². The van der Waals surface area contributed by atoms with Gasteiger partial charge in [-0.25, -0.2) is 0 Å². The van der Waals surface area contributed by atoms with E-state index in [-0.39, 0.29) is 0 Å². The first-order valence-corrected chi connectivity index (χ1v) is 8.97. The summed E-state index contributed by atoms with van der Waals surface area (Å²) in [7, 11) is 4.65. The Morgan fingerprint density at radius 3 is 1.90 bits per heavy atom. The number of aryl methyl sites for hydroxylation is 1. The molecule has 1 aromatic rings. The van der Waals surface area contributed by atoms with Crippen LogP contribution in [0.5, 0.6) is 0 Å². The first-order chi connectivity index (χ1) is 10.1. The lowest BCUT2D eigenvalue weighted by atomic mass is 10.0. The quantitative estimate of drug-likeness (QED) is 0.369. The van der Waals surface area contributed by atoms with Crippen molar-refractivity contribution < 1.29 is 4.48 Å². The molecule has 0 aliphatic rings. The van der Waals surface area contributed by atoms with Crippen molar-refractivity contribution in [3.05, 3.63) is 35.4 Å². The third kappa shape index (κ3) is 8.26. The van der Waals surface area contributed by atoms with Gasteiger partial charge in [0.05, 0.1) is 20.6 Å². The Hall–Kier alpha value is -0.820. The second kappa shape index (κ2) is 10.00. The lowest BCUT2D eigenvalue weighted by molar-refractivity contribution is -0.903. The lowest BCUT2D eigenvalue weighted by Crippen LogP contribution is -2.39. The zero-order valence-corrected chi connectivity index (χ0v) is 14.8. The molecule has 21 heavy (non-hydrogen) atoms. The van der Waals surface area contributed by atoms with E-state index >= 15 is 0 Å². The fourth-order valence-electron chi connectivity index (χ4n) is 3.10. The summed E-state index contributed by atoms with van der Waals surface area (Å²) in [6, 6.07) is 9.35. The van der Waals surface area contributed by atoms with Gasteiger partial charge in [0.25, 0.3) is 0 Å². The summed E-state index contributed by atoms with van der Waals surface area (Å²) in [5, 5.41) is 0. The molecule has 0 aliphatic heterocycles. The minimum atomic E-state index is 1.09. The largest absolute Gasteiger partial charge is 0.325 e. The SMILES string of the molecule is CCCCCCCCc1ccc(C[N+](C)(C)CCC)cc1. The second-order valence-electron chi connectivity index (χ2n) is 7.15. The van der Waals surface area contributed by atoms with Crippen molar-refractivity contribution in [1.29, 1.82) is 0 Å². The summed E-state index contributed by atoms with van der Waals surface area (Å²) in [5.74, 6) is 0. The summed E-state index contributed by atoms with van der Waals surface area (Å²) in [6.07, 6.45) is 10.8. The van der Waals surface area contributed by atoms with Gasteiger partial charge in [0.1, 0.15) is 6.54 Å². The number of unbranched alkanes of at least 4 members (excludes halogenated alkanes) is 5. The molecule has 0 saturated heterocycles. The summed E-state index contributed by atoms with van der Waals surface area (Å²) >= 11 is 0. The molecular weight excluding hydrogens is 254 g/mol. The third-order valence-electron chi connectivity index (χ3n) is 4.28. The van der Waals surface area contributed by atoms with Crippen LogP contribution in [0.15, 0.2) is 24.3 Å². The Kier molecular flexibility index (Phi) is 8.68. The minimum Gasteiger partial charge on any atom is -0.325 e. The van der Waals surface area contributed by atoms with Crippen molar-refractivity contribution in [2.75, 3.05) is 20.6 Å². The van der Waals surface area contributed by atoms with E-state index in [4.69, 9.17) is 0 Å². The number of nitrogens with zero attached hydrogens (tertiary/aromatic N) is 1. The van der Waals surface area contributed by atoms with Crippen LogP contribution in [0.25, 0.3) is 0 Å². The Morgan fingerprint density at radius 1 is 0.714 bits per heavy atom. The van der Waals surface area contributed by atoms with Gasteiger partial charge in [-0.3, -0.25) is 0 Å². The van der Waals surface area contributed by atoms with E-state index < -0.39 is 0 Å². The zero-order chi connectivity index (χ0) is 15.6. The topological polar surface area (TPSA) is 0 Å². The van der Waals surface area contributed by atoms with Crippen LogP contribution in [0, 0.1) is 0 Å². The maximum Gasteiger partial charge on any atom is 0.104 e. The van der Waals surface area contributed by atoms with Gasteiger partial charge in [0, 0.05) is 5.56 Å². The highest BCUT2D eigenvalue weighted by atomic mass is 15.3. The molecule has 0 amide bonds. The van der Waals surface area contributed by atoms with E-state index in [0.717, 1.165) is 11.0 Å². The monoisotopic (exact) mass is 290 g/mol. The second-order valence-corrected chi connectivity index (χ2v) is 7.15. The zero-order valence-electron chi connectivity index (χ0n) is 14.8. The molecule has 1 heteroatoms. The van der Waals surface area contributed by atoms with Crippen molar-refractivity contribution in [2.45, 2.75) is 71.8 Å². The van der Waals surface area contributed by atoms with Crippen molar-refractivity contribution in [3.63, 3.8) is 0 Å². The third-order valence-corrected chi connectivity index (χ3v) is 4.28. The molecule has 1 rings (SSSR count). The van der Waals surface area contributed by atoms with Gasteiger partial charge < -0.3 is 4.48 Å². The van der Waals surface area contributed by atoms with E-state index in [1.807, 2.05) is 0 Å². The fourth-order valence-corrected chi connectivity index (χ4v) is 3.10. The van der Waals surface area contributed by atoms with Gasteiger partial charge in [-0.2, -0.15) is 0 Å². The molecule has 0 fully saturated rings. The van der Waals surface area contributed by atoms with Crippen molar-refractivity contribution in [3.8, 4) is 0 Å². The molecule has 0 unspecified atom stereocenters. The Balaban J connectivity index is 2.30. The van der Waals surface area contributed by atoms with E-state index in [1.165, 1.54) is 69.0 Å². The summed E-state index contributed by atoms with van der Waals surface area (Å²) < 4.78 is 1.09. The van der Waals surface area contributed by atoms with Gasteiger partial charge in [-0.05, 0) is 24.8 Å². The summed E-state index contributed by atoms with van der Waals surface area (Å²) in [4.78, 5) is 0. The fraction of sp³-hybridized carbons (Fsp3) is 0.700. The molecule has 0 saturated carbocycles. The highest BCUT2D eigenvalue weighted by Gasteiger charge is 2.13. The molecule has 1 nitrogen and oxygen atoms in total. The maximum atomic E-state index is 2.34. The molecule has 0 spiro atoms. The van der Waals surface area contributed by atoms with E-state index in [1.54, 1.807) is 0 Å². The normalized spacial score (nSPS) is 11.8. The first kappa shape index (κ1) is 18.2. The van der Waals surface area contributed by atoms with Crippen LogP contribution in [0.1, 0.15) is 69.9 Å². The molecule has 0 N–H and O–H groups in total. The van der Waals surface area contributed by atoms with Crippen LogP contribution in [0.2, 0.25) is 0 Å². The molecule has 1 aromatic carbocycles. The molecule has 120 valence electrons.